The first-order chi connectivity index (χ1) is 17.4. The number of carbonyl (C=O) groups excluding carboxylic acids is 1. The molecule has 2 N–H and O–H groups in total. The van der Waals surface area contributed by atoms with Gasteiger partial charge in [-0.15, -0.1) is 0 Å². The number of rotatable bonds is 5. The van der Waals surface area contributed by atoms with Crippen molar-refractivity contribution in [2.75, 3.05) is 23.3 Å². The summed E-state index contributed by atoms with van der Waals surface area (Å²) in [5, 5.41) is 14.7. The van der Waals surface area contributed by atoms with Gasteiger partial charge in [0.05, 0.1) is 23.8 Å². The van der Waals surface area contributed by atoms with Gasteiger partial charge in [-0.3, -0.25) is 9.89 Å². The van der Waals surface area contributed by atoms with Gasteiger partial charge in [-0.05, 0) is 51.3 Å². The van der Waals surface area contributed by atoms with Crippen molar-refractivity contribution in [2.24, 2.45) is 0 Å². The molecular weight excluding hydrogens is 456 g/mol. The molecular formula is C25H28N10O. The highest BCUT2D eigenvalue weighted by Crippen LogP contribution is 2.33. The zero-order chi connectivity index (χ0) is 24.8. The highest BCUT2D eigenvalue weighted by atomic mass is 16.2. The van der Waals surface area contributed by atoms with Gasteiger partial charge in [-0.25, -0.2) is 14.6 Å². The van der Waals surface area contributed by atoms with Gasteiger partial charge in [-0.2, -0.15) is 15.2 Å². The monoisotopic (exact) mass is 484 g/mol. The third-order valence-electron chi connectivity index (χ3n) is 6.75. The smallest absolute Gasteiger partial charge is 0.256 e. The molecule has 11 heteroatoms. The molecule has 6 heterocycles. The molecule has 4 aromatic heterocycles. The summed E-state index contributed by atoms with van der Waals surface area (Å²) in [4.78, 5) is 31.6. The lowest BCUT2D eigenvalue weighted by molar-refractivity contribution is 0.0640. The first-order valence-electron chi connectivity index (χ1n) is 12.1. The fraction of sp³-hybridized carbons (Fsp3) is 0.360. The maximum atomic E-state index is 13.5. The van der Waals surface area contributed by atoms with Crippen molar-refractivity contribution in [3.63, 3.8) is 0 Å². The minimum atomic E-state index is 0.0271. The van der Waals surface area contributed by atoms with E-state index in [1.165, 1.54) is 0 Å². The van der Waals surface area contributed by atoms with Gasteiger partial charge in [0, 0.05) is 49.0 Å². The summed E-state index contributed by atoms with van der Waals surface area (Å²) in [6, 6.07) is 7.74. The van der Waals surface area contributed by atoms with E-state index < -0.39 is 0 Å². The van der Waals surface area contributed by atoms with E-state index in [1.807, 2.05) is 56.1 Å². The molecule has 2 fully saturated rings. The van der Waals surface area contributed by atoms with Crippen LogP contribution in [0.1, 0.15) is 40.2 Å². The standard InChI is InChI=1S/C25H28N10O/c1-15-10-27-34(12-15)23-7-4-18(11-26-23)24(36)35-19-5-6-20(35)14-33(13-19)25-28-16(2)8-21(30-25)29-22-9-17(3)31-32-22/h4,7-12,19-20H,5-6,13-14H2,1-3H3,(H2,28,29,30,31,32). The van der Waals surface area contributed by atoms with Gasteiger partial charge in [0.1, 0.15) is 5.82 Å². The number of piperazine rings is 1. The summed E-state index contributed by atoms with van der Waals surface area (Å²) in [7, 11) is 0. The number of nitrogens with one attached hydrogen (secondary N) is 2. The van der Waals surface area contributed by atoms with Gasteiger partial charge < -0.3 is 15.1 Å². The van der Waals surface area contributed by atoms with Crippen molar-refractivity contribution in [3.8, 4) is 5.82 Å². The molecule has 6 rings (SSSR count). The van der Waals surface area contributed by atoms with Crippen LogP contribution in [-0.2, 0) is 0 Å². The van der Waals surface area contributed by atoms with E-state index in [1.54, 1.807) is 17.1 Å². The number of carbonyl (C=O) groups is 1. The summed E-state index contributed by atoms with van der Waals surface area (Å²) in [6.45, 7) is 7.29. The minimum Gasteiger partial charge on any atom is -0.337 e. The number of hydrogen-bond acceptors (Lipinski definition) is 8. The van der Waals surface area contributed by atoms with Crippen LogP contribution in [0.15, 0.2) is 42.9 Å². The highest BCUT2D eigenvalue weighted by Gasteiger charge is 2.43. The average molecular weight is 485 g/mol. The zero-order valence-electron chi connectivity index (χ0n) is 20.5. The summed E-state index contributed by atoms with van der Waals surface area (Å²) in [6.07, 6.45) is 7.28. The second-order valence-corrected chi connectivity index (χ2v) is 9.63. The molecule has 4 aromatic rings. The molecule has 0 spiro atoms. The van der Waals surface area contributed by atoms with Gasteiger partial charge in [0.25, 0.3) is 5.91 Å². The highest BCUT2D eigenvalue weighted by molar-refractivity contribution is 5.95. The number of pyridine rings is 1. The molecule has 1 amide bonds. The summed E-state index contributed by atoms with van der Waals surface area (Å²) in [5.74, 6) is 2.81. The number of aryl methyl sites for hydroxylation is 3. The van der Waals surface area contributed by atoms with Crippen molar-refractivity contribution < 1.29 is 4.79 Å². The van der Waals surface area contributed by atoms with Crippen molar-refractivity contribution >= 4 is 23.5 Å². The van der Waals surface area contributed by atoms with Gasteiger partial charge in [0.15, 0.2) is 11.6 Å². The Kier molecular flexibility index (Phi) is 5.39. The normalized spacial score (nSPS) is 19.1. The Morgan fingerprint density at radius 3 is 2.47 bits per heavy atom. The molecule has 2 unspecified atom stereocenters. The SMILES string of the molecule is Cc1cnn(-c2ccc(C(=O)N3C4CCC3CN(c3nc(C)cc(Nc5cc(C)[nH]n5)n3)C4)cn2)c1. The number of aromatic nitrogens is 7. The van der Waals surface area contributed by atoms with Crippen LogP contribution in [0.4, 0.5) is 17.6 Å². The first kappa shape index (κ1) is 22.2. The van der Waals surface area contributed by atoms with Gasteiger partial charge >= 0.3 is 0 Å². The van der Waals surface area contributed by atoms with E-state index in [2.05, 4.69) is 30.5 Å². The van der Waals surface area contributed by atoms with E-state index in [9.17, 15) is 4.79 Å². The second-order valence-electron chi connectivity index (χ2n) is 9.63. The molecule has 0 aromatic carbocycles. The van der Waals surface area contributed by atoms with E-state index in [-0.39, 0.29) is 18.0 Å². The first-order valence-corrected chi connectivity index (χ1v) is 12.1. The molecule has 2 saturated heterocycles. The summed E-state index contributed by atoms with van der Waals surface area (Å²) < 4.78 is 1.71. The molecule has 0 radical (unpaired) electrons. The number of H-pyrrole nitrogens is 1. The molecule has 0 aliphatic carbocycles. The number of amides is 1. The average Bonchev–Trinajstić information content (AvgIpc) is 3.55. The van der Waals surface area contributed by atoms with Crippen LogP contribution in [0.5, 0.6) is 0 Å². The van der Waals surface area contributed by atoms with Crippen LogP contribution in [0.2, 0.25) is 0 Å². The van der Waals surface area contributed by atoms with Crippen LogP contribution in [0, 0.1) is 20.8 Å². The predicted molar refractivity (Wildman–Crippen MR) is 135 cm³/mol. The lowest BCUT2D eigenvalue weighted by Crippen LogP contribution is -2.56. The molecule has 2 atom stereocenters. The molecule has 184 valence electrons. The molecule has 2 aliphatic heterocycles. The Bertz CT molecular complexity index is 1390. The van der Waals surface area contributed by atoms with Crippen LogP contribution in [-0.4, -0.2) is 70.9 Å². The Hall–Kier alpha value is -4.28. The number of fused-ring (bicyclic) bond motifs is 2. The van der Waals surface area contributed by atoms with Crippen molar-refractivity contribution in [3.05, 3.63) is 65.4 Å². The molecule has 2 bridgehead atoms. The third-order valence-corrected chi connectivity index (χ3v) is 6.75. The number of anilines is 3. The lowest BCUT2D eigenvalue weighted by atomic mass is 10.1. The maximum absolute atomic E-state index is 13.5. The lowest BCUT2D eigenvalue weighted by Gasteiger charge is -2.41. The fourth-order valence-electron chi connectivity index (χ4n) is 5.10. The molecule has 36 heavy (non-hydrogen) atoms. The number of aromatic amines is 1. The van der Waals surface area contributed by atoms with Crippen LogP contribution >= 0.6 is 0 Å². The fourth-order valence-corrected chi connectivity index (χ4v) is 5.10. The minimum absolute atomic E-state index is 0.0271. The van der Waals surface area contributed by atoms with Crippen molar-refractivity contribution in [1.82, 2.24) is 39.8 Å². The Balaban J connectivity index is 1.18. The van der Waals surface area contributed by atoms with Crippen molar-refractivity contribution in [2.45, 2.75) is 45.7 Å². The Labute approximate surface area is 208 Å². The Morgan fingerprint density at radius 2 is 1.83 bits per heavy atom. The molecule has 11 nitrogen and oxygen atoms in total. The van der Waals surface area contributed by atoms with Crippen LogP contribution in [0.3, 0.4) is 0 Å². The number of nitrogens with zero attached hydrogens (tertiary/aromatic N) is 8. The van der Waals surface area contributed by atoms with Crippen molar-refractivity contribution in [1.29, 1.82) is 0 Å². The van der Waals surface area contributed by atoms with Gasteiger partial charge in [0.2, 0.25) is 5.95 Å². The topological polar surface area (TPSA) is 121 Å². The quantitative estimate of drug-likeness (QED) is 0.444. The van der Waals surface area contributed by atoms with E-state index >= 15 is 0 Å². The van der Waals surface area contributed by atoms with Crippen LogP contribution in [0.25, 0.3) is 5.82 Å². The Morgan fingerprint density at radius 1 is 1.03 bits per heavy atom. The third kappa shape index (κ3) is 4.16. The van der Waals surface area contributed by atoms with Gasteiger partial charge in [-0.1, -0.05) is 0 Å². The predicted octanol–water partition coefficient (Wildman–Crippen LogP) is 2.94. The number of hydrogen-bond donors (Lipinski definition) is 2. The molecule has 2 aliphatic rings. The van der Waals surface area contributed by atoms with E-state index in [0.717, 1.165) is 29.8 Å². The maximum Gasteiger partial charge on any atom is 0.256 e. The second kappa shape index (κ2) is 8.74. The van der Waals surface area contributed by atoms with E-state index in [4.69, 9.17) is 9.97 Å². The summed E-state index contributed by atoms with van der Waals surface area (Å²) in [5.41, 5.74) is 3.50. The van der Waals surface area contributed by atoms with E-state index in [0.29, 0.717) is 42.1 Å². The zero-order valence-corrected chi connectivity index (χ0v) is 20.5. The molecule has 0 saturated carbocycles. The largest absolute Gasteiger partial charge is 0.337 e. The van der Waals surface area contributed by atoms with Crippen LogP contribution < -0.4 is 10.2 Å². The summed E-state index contributed by atoms with van der Waals surface area (Å²) >= 11 is 0.